The molecule has 2 aliphatic rings. The maximum Gasteiger partial charge on any atom is 0.127 e. The van der Waals surface area contributed by atoms with Crippen molar-refractivity contribution in [2.45, 2.75) is 19.1 Å². The summed E-state index contributed by atoms with van der Waals surface area (Å²) < 4.78 is 12.3. The molecule has 0 radical (unpaired) electrons. The quantitative estimate of drug-likeness (QED) is 0.915. The molecule has 1 aromatic carbocycles. The number of halogens is 1. The highest BCUT2D eigenvalue weighted by molar-refractivity contribution is 9.10. The Bertz CT molecular complexity index is 466. The van der Waals surface area contributed by atoms with Crippen molar-refractivity contribution in [2.75, 3.05) is 32.9 Å². The van der Waals surface area contributed by atoms with Gasteiger partial charge in [0.25, 0.3) is 0 Å². The van der Waals surface area contributed by atoms with Gasteiger partial charge in [-0.1, -0.05) is 15.9 Å². The van der Waals surface area contributed by atoms with E-state index in [1.807, 2.05) is 0 Å². The molecule has 1 aromatic rings. The van der Waals surface area contributed by atoms with Crippen molar-refractivity contribution >= 4 is 15.9 Å². The van der Waals surface area contributed by atoms with Crippen LogP contribution in [0.4, 0.5) is 0 Å². The van der Waals surface area contributed by atoms with E-state index < -0.39 is 0 Å². The second kappa shape index (κ2) is 5.79. The fourth-order valence-electron chi connectivity index (χ4n) is 2.74. The molecule has 19 heavy (non-hydrogen) atoms. The summed E-state index contributed by atoms with van der Waals surface area (Å²) in [5, 5.41) is 9.19. The summed E-state index contributed by atoms with van der Waals surface area (Å²) >= 11 is 3.57. The summed E-state index contributed by atoms with van der Waals surface area (Å²) in [6.07, 6.45) is 0.930. The molecule has 1 atom stereocenters. The third-order valence-electron chi connectivity index (χ3n) is 3.65. The molecule has 0 amide bonds. The van der Waals surface area contributed by atoms with E-state index >= 15 is 0 Å². The summed E-state index contributed by atoms with van der Waals surface area (Å²) in [7, 11) is 0. The van der Waals surface area contributed by atoms with E-state index in [4.69, 9.17) is 9.47 Å². The highest BCUT2D eigenvalue weighted by atomic mass is 79.9. The van der Waals surface area contributed by atoms with Gasteiger partial charge in [-0.05, 0) is 17.7 Å². The largest absolute Gasteiger partial charge is 0.493 e. The Morgan fingerprint density at radius 3 is 3.11 bits per heavy atom. The van der Waals surface area contributed by atoms with Gasteiger partial charge in [-0.2, -0.15) is 0 Å². The van der Waals surface area contributed by atoms with E-state index in [-0.39, 0.29) is 12.7 Å². The summed E-state index contributed by atoms with van der Waals surface area (Å²) in [6.45, 7) is 4.07. The summed E-state index contributed by atoms with van der Waals surface area (Å²) in [5.41, 5.74) is 2.51. The predicted molar refractivity (Wildman–Crippen MR) is 75.4 cm³/mol. The van der Waals surface area contributed by atoms with Crippen LogP contribution < -0.4 is 4.74 Å². The van der Waals surface area contributed by atoms with Gasteiger partial charge in [-0.25, -0.2) is 0 Å². The summed E-state index contributed by atoms with van der Waals surface area (Å²) in [6, 6.07) is 4.27. The van der Waals surface area contributed by atoms with Gasteiger partial charge in [0.05, 0.1) is 25.9 Å². The van der Waals surface area contributed by atoms with Crippen LogP contribution in [0.15, 0.2) is 16.6 Å². The van der Waals surface area contributed by atoms with Crippen molar-refractivity contribution in [3.63, 3.8) is 0 Å². The van der Waals surface area contributed by atoms with Crippen molar-refractivity contribution in [2.24, 2.45) is 0 Å². The molecule has 1 fully saturated rings. The van der Waals surface area contributed by atoms with Gasteiger partial charge in [0, 0.05) is 36.1 Å². The lowest BCUT2D eigenvalue weighted by Crippen LogP contribution is -2.43. The number of benzene rings is 1. The Morgan fingerprint density at radius 2 is 2.26 bits per heavy atom. The number of hydrogen-bond donors (Lipinski definition) is 1. The van der Waals surface area contributed by atoms with Crippen molar-refractivity contribution < 1.29 is 14.6 Å². The zero-order chi connectivity index (χ0) is 13.2. The van der Waals surface area contributed by atoms with Crippen molar-refractivity contribution in [3.8, 4) is 5.75 Å². The standard InChI is InChI=1S/C14H18BrNO3/c15-12-5-10-1-3-19-14(10)11(6-12)7-16-2-4-18-13(8-16)9-17/h5-6,13,17H,1-4,7-9H2. The van der Waals surface area contributed by atoms with E-state index in [0.717, 1.165) is 42.9 Å². The van der Waals surface area contributed by atoms with Gasteiger partial charge in [-0.15, -0.1) is 0 Å². The number of aliphatic hydroxyl groups excluding tert-OH is 1. The molecule has 3 rings (SSSR count). The number of ether oxygens (including phenoxy) is 2. The smallest absolute Gasteiger partial charge is 0.127 e. The van der Waals surface area contributed by atoms with Gasteiger partial charge in [-0.3, -0.25) is 4.90 Å². The Hall–Kier alpha value is -0.620. The first-order valence-electron chi connectivity index (χ1n) is 6.65. The SMILES string of the molecule is OCC1CN(Cc2cc(Br)cc3c2OCC3)CCO1. The summed E-state index contributed by atoms with van der Waals surface area (Å²) in [5.74, 6) is 1.05. The van der Waals surface area contributed by atoms with Crippen LogP contribution in [0.3, 0.4) is 0 Å². The molecule has 2 heterocycles. The minimum atomic E-state index is -0.0603. The van der Waals surface area contributed by atoms with Crippen LogP contribution in [0.1, 0.15) is 11.1 Å². The van der Waals surface area contributed by atoms with E-state index in [9.17, 15) is 5.11 Å². The van der Waals surface area contributed by atoms with Crippen LogP contribution in [0, 0.1) is 0 Å². The molecule has 0 aliphatic carbocycles. The first-order chi connectivity index (χ1) is 9.26. The maximum absolute atomic E-state index is 9.19. The number of hydrogen-bond acceptors (Lipinski definition) is 4. The van der Waals surface area contributed by atoms with E-state index in [1.165, 1.54) is 11.1 Å². The molecular formula is C14H18BrNO3. The van der Waals surface area contributed by atoms with Crippen LogP contribution in [0.25, 0.3) is 0 Å². The number of aliphatic hydroxyl groups is 1. The van der Waals surface area contributed by atoms with Gasteiger partial charge < -0.3 is 14.6 Å². The average molecular weight is 328 g/mol. The number of fused-ring (bicyclic) bond motifs is 1. The fraction of sp³-hybridized carbons (Fsp3) is 0.571. The van der Waals surface area contributed by atoms with Gasteiger partial charge in [0.2, 0.25) is 0 Å². The monoisotopic (exact) mass is 327 g/mol. The lowest BCUT2D eigenvalue weighted by atomic mass is 10.1. The Kier molecular flexibility index (Phi) is 4.07. The minimum absolute atomic E-state index is 0.0603. The third-order valence-corrected chi connectivity index (χ3v) is 4.10. The molecule has 1 saturated heterocycles. The molecule has 5 heteroatoms. The predicted octanol–water partition coefficient (Wildman–Crippen LogP) is 1.58. The Labute approximate surface area is 121 Å². The minimum Gasteiger partial charge on any atom is -0.493 e. The lowest BCUT2D eigenvalue weighted by molar-refractivity contribution is -0.0552. The molecule has 0 bridgehead atoms. The van der Waals surface area contributed by atoms with Crippen LogP contribution in [0.2, 0.25) is 0 Å². The number of rotatable bonds is 3. The Morgan fingerprint density at radius 1 is 1.37 bits per heavy atom. The van der Waals surface area contributed by atoms with E-state index in [2.05, 4.69) is 33.0 Å². The molecule has 0 aromatic heterocycles. The molecule has 1 unspecified atom stereocenters. The van der Waals surface area contributed by atoms with E-state index in [1.54, 1.807) is 0 Å². The molecule has 0 spiro atoms. The topological polar surface area (TPSA) is 41.9 Å². The zero-order valence-corrected chi connectivity index (χ0v) is 12.4. The maximum atomic E-state index is 9.19. The first-order valence-corrected chi connectivity index (χ1v) is 7.44. The molecule has 0 saturated carbocycles. The van der Waals surface area contributed by atoms with Gasteiger partial charge in [0.1, 0.15) is 5.75 Å². The number of morpholine rings is 1. The van der Waals surface area contributed by atoms with Crippen LogP contribution in [-0.2, 0) is 17.7 Å². The van der Waals surface area contributed by atoms with Crippen molar-refractivity contribution in [3.05, 3.63) is 27.7 Å². The second-order valence-electron chi connectivity index (χ2n) is 5.06. The van der Waals surface area contributed by atoms with Gasteiger partial charge >= 0.3 is 0 Å². The molecule has 104 valence electrons. The van der Waals surface area contributed by atoms with Crippen LogP contribution in [-0.4, -0.2) is 49.0 Å². The van der Waals surface area contributed by atoms with Crippen molar-refractivity contribution in [1.29, 1.82) is 0 Å². The fourth-order valence-corrected chi connectivity index (χ4v) is 3.29. The molecule has 4 nitrogen and oxygen atoms in total. The zero-order valence-electron chi connectivity index (χ0n) is 10.8. The highest BCUT2D eigenvalue weighted by Gasteiger charge is 2.23. The summed E-state index contributed by atoms with van der Waals surface area (Å²) in [4.78, 5) is 2.31. The average Bonchev–Trinajstić information content (AvgIpc) is 2.87. The normalized spacial score (nSPS) is 23.2. The van der Waals surface area contributed by atoms with Gasteiger partial charge in [0.15, 0.2) is 0 Å². The Balaban J connectivity index is 1.76. The lowest BCUT2D eigenvalue weighted by Gasteiger charge is -2.32. The molecule has 1 N–H and O–H groups in total. The second-order valence-corrected chi connectivity index (χ2v) is 5.98. The van der Waals surface area contributed by atoms with Crippen LogP contribution in [0.5, 0.6) is 5.75 Å². The van der Waals surface area contributed by atoms with E-state index in [0.29, 0.717) is 6.61 Å². The third kappa shape index (κ3) is 2.94. The molecular weight excluding hydrogens is 310 g/mol. The van der Waals surface area contributed by atoms with Crippen LogP contribution >= 0.6 is 15.9 Å². The van der Waals surface area contributed by atoms with Crippen molar-refractivity contribution in [1.82, 2.24) is 4.90 Å². The first kappa shape index (κ1) is 13.4. The molecule has 2 aliphatic heterocycles. The number of nitrogens with zero attached hydrogens (tertiary/aromatic N) is 1. The highest BCUT2D eigenvalue weighted by Crippen LogP contribution is 2.33.